The van der Waals surface area contributed by atoms with Crippen molar-refractivity contribution in [2.75, 3.05) is 4.90 Å². The first-order chi connectivity index (χ1) is 28.0. The Kier molecular flexibility index (Phi) is 8.58. The predicted octanol–water partition coefficient (Wildman–Crippen LogP) is 11.7. The zero-order valence-corrected chi connectivity index (χ0v) is 33.3. The molecule has 10 rings (SSSR count). The molecule has 1 aliphatic carbocycles. The highest BCUT2D eigenvalue weighted by Crippen LogP contribution is 2.50. The molecule has 0 saturated carbocycles. The van der Waals surface area contributed by atoms with Crippen molar-refractivity contribution in [2.24, 2.45) is 0 Å². The van der Waals surface area contributed by atoms with Crippen molar-refractivity contribution in [3.63, 3.8) is 0 Å². The standard InChI is InChI=1S/C55H43NSi/c1-55(2)53-28-15-14-26-51(53)52-38-35-44(39-54(52)55)56(42-31-29-41(30-32-42)50-27-16-18-40-17-12-13-25-49(40)50)43-33-36-48(37-34-43)57(45-19-6-3-7-20-45,46-21-8-4-9-22-46)47-23-10-5-11-24-47/h3-39H,1-2H3. The first-order valence-electron chi connectivity index (χ1n) is 19.9. The third kappa shape index (κ3) is 5.75. The van der Waals surface area contributed by atoms with Gasteiger partial charge in [0.1, 0.15) is 0 Å². The van der Waals surface area contributed by atoms with Crippen LogP contribution in [-0.2, 0) is 5.41 Å². The first kappa shape index (κ1) is 34.7. The molecule has 0 bridgehead atoms. The van der Waals surface area contributed by atoms with Gasteiger partial charge in [0.2, 0.25) is 0 Å². The van der Waals surface area contributed by atoms with Crippen molar-refractivity contribution in [1.29, 1.82) is 0 Å². The van der Waals surface area contributed by atoms with Crippen LogP contribution in [-0.4, -0.2) is 8.07 Å². The lowest BCUT2D eigenvalue weighted by Crippen LogP contribution is -2.74. The van der Waals surface area contributed by atoms with Crippen molar-refractivity contribution < 1.29 is 0 Å². The number of hydrogen-bond donors (Lipinski definition) is 0. The molecule has 0 atom stereocenters. The van der Waals surface area contributed by atoms with E-state index in [1.807, 2.05) is 0 Å². The summed E-state index contributed by atoms with van der Waals surface area (Å²) in [5.74, 6) is 0. The van der Waals surface area contributed by atoms with E-state index in [1.54, 1.807) is 0 Å². The first-order valence-corrected chi connectivity index (χ1v) is 21.9. The molecule has 0 aliphatic heterocycles. The average molecular weight is 746 g/mol. The van der Waals surface area contributed by atoms with Crippen LogP contribution in [0, 0.1) is 0 Å². The van der Waals surface area contributed by atoms with Gasteiger partial charge in [-0.15, -0.1) is 0 Å². The summed E-state index contributed by atoms with van der Waals surface area (Å²) >= 11 is 0. The molecule has 9 aromatic carbocycles. The van der Waals surface area contributed by atoms with E-state index in [2.05, 4.69) is 243 Å². The minimum atomic E-state index is -2.67. The van der Waals surface area contributed by atoms with E-state index in [4.69, 9.17) is 0 Å². The molecule has 0 heterocycles. The number of rotatable bonds is 8. The smallest absolute Gasteiger partial charge is 0.179 e. The Balaban J connectivity index is 1.14. The van der Waals surface area contributed by atoms with E-state index in [1.165, 1.54) is 64.9 Å². The molecule has 0 aromatic heterocycles. The molecule has 1 aliphatic rings. The zero-order valence-electron chi connectivity index (χ0n) is 32.3. The molecule has 0 unspecified atom stereocenters. The van der Waals surface area contributed by atoms with Gasteiger partial charge in [-0.25, -0.2) is 0 Å². The molecular weight excluding hydrogens is 703 g/mol. The fourth-order valence-corrected chi connectivity index (χ4v) is 14.2. The lowest BCUT2D eigenvalue weighted by molar-refractivity contribution is 0.660. The lowest BCUT2D eigenvalue weighted by atomic mass is 9.82. The van der Waals surface area contributed by atoms with E-state index in [0.717, 1.165) is 17.1 Å². The van der Waals surface area contributed by atoms with Crippen molar-refractivity contribution in [1.82, 2.24) is 0 Å². The van der Waals surface area contributed by atoms with Gasteiger partial charge >= 0.3 is 0 Å². The molecule has 0 N–H and O–H groups in total. The van der Waals surface area contributed by atoms with Gasteiger partial charge in [0, 0.05) is 22.5 Å². The summed E-state index contributed by atoms with van der Waals surface area (Å²) in [6.45, 7) is 4.72. The van der Waals surface area contributed by atoms with Gasteiger partial charge in [0.05, 0.1) is 0 Å². The van der Waals surface area contributed by atoms with Crippen LogP contribution in [0.4, 0.5) is 17.1 Å². The molecule has 1 nitrogen and oxygen atoms in total. The maximum absolute atomic E-state index is 2.67. The Labute approximate surface area is 337 Å². The second-order valence-electron chi connectivity index (χ2n) is 15.7. The number of nitrogens with zero attached hydrogens (tertiary/aromatic N) is 1. The van der Waals surface area contributed by atoms with Crippen LogP contribution < -0.4 is 25.6 Å². The molecular formula is C55H43NSi. The van der Waals surface area contributed by atoms with Crippen LogP contribution in [0.5, 0.6) is 0 Å². The second-order valence-corrected chi connectivity index (χ2v) is 19.5. The van der Waals surface area contributed by atoms with E-state index in [-0.39, 0.29) is 5.41 Å². The number of benzene rings is 9. The summed E-state index contributed by atoms with van der Waals surface area (Å²) in [5, 5.41) is 7.99. The van der Waals surface area contributed by atoms with Crippen LogP contribution in [0.25, 0.3) is 33.0 Å². The summed E-state index contributed by atoms with van der Waals surface area (Å²) in [6.07, 6.45) is 0. The molecule has 0 saturated heterocycles. The van der Waals surface area contributed by atoms with Gasteiger partial charge in [0.15, 0.2) is 8.07 Å². The highest BCUT2D eigenvalue weighted by molar-refractivity contribution is 7.19. The topological polar surface area (TPSA) is 3.24 Å². The Bertz CT molecular complexity index is 2740. The molecule has 57 heavy (non-hydrogen) atoms. The largest absolute Gasteiger partial charge is 0.310 e. The molecule has 0 amide bonds. The van der Waals surface area contributed by atoms with E-state index in [0.29, 0.717) is 0 Å². The summed E-state index contributed by atoms with van der Waals surface area (Å²) in [6, 6.07) is 83.3. The second kappa shape index (κ2) is 14.1. The van der Waals surface area contributed by atoms with Gasteiger partial charge in [0.25, 0.3) is 0 Å². The van der Waals surface area contributed by atoms with Crippen LogP contribution in [0.2, 0.25) is 0 Å². The van der Waals surface area contributed by atoms with Crippen molar-refractivity contribution in [3.05, 3.63) is 236 Å². The Morgan fingerprint density at radius 1 is 0.351 bits per heavy atom. The molecule has 0 spiro atoms. The number of hydrogen-bond acceptors (Lipinski definition) is 1. The van der Waals surface area contributed by atoms with Crippen LogP contribution >= 0.6 is 0 Å². The van der Waals surface area contributed by atoms with E-state index < -0.39 is 8.07 Å². The number of fused-ring (bicyclic) bond motifs is 4. The summed E-state index contributed by atoms with van der Waals surface area (Å²) in [4.78, 5) is 2.44. The maximum atomic E-state index is 2.44. The normalized spacial score (nSPS) is 12.9. The number of anilines is 3. The van der Waals surface area contributed by atoms with Gasteiger partial charge < -0.3 is 4.90 Å². The lowest BCUT2D eigenvalue weighted by Gasteiger charge is -2.35. The highest BCUT2D eigenvalue weighted by atomic mass is 28.3. The van der Waals surface area contributed by atoms with Gasteiger partial charge in [-0.3, -0.25) is 0 Å². The summed E-state index contributed by atoms with van der Waals surface area (Å²) in [5.41, 5.74) is 11.2. The van der Waals surface area contributed by atoms with Crippen LogP contribution in [0.1, 0.15) is 25.0 Å². The highest BCUT2D eigenvalue weighted by Gasteiger charge is 2.41. The van der Waals surface area contributed by atoms with Crippen molar-refractivity contribution in [2.45, 2.75) is 19.3 Å². The van der Waals surface area contributed by atoms with Crippen LogP contribution in [0.15, 0.2) is 224 Å². The average Bonchev–Trinajstić information content (AvgIpc) is 3.51. The van der Waals surface area contributed by atoms with Gasteiger partial charge in [-0.05, 0) is 101 Å². The summed E-state index contributed by atoms with van der Waals surface area (Å²) < 4.78 is 0. The molecule has 0 radical (unpaired) electrons. The zero-order chi connectivity index (χ0) is 38.4. The predicted molar refractivity (Wildman–Crippen MR) is 245 cm³/mol. The molecule has 9 aromatic rings. The summed E-state index contributed by atoms with van der Waals surface area (Å²) in [7, 11) is -2.67. The van der Waals surface area contributed by atoms with Crippen molar-refractivity contribution in [3.8, 4) is 22.3 Å². The molecule has 2 heteroatoms. The monoisotopic (exact) mass is 745 g/mol. The third-order valence-electron chi connectivity index (χ3n) is 12.2. The maximum Gasteiger partial charge on any atom is 0.179 e. The quantitative estimate of drug-likeness (QED) is 0.111. The van der Waals surface area contributed by atoms with Gasteiger partial charge in [-0.2, -0.15) is 0 Å². The fourth-order valence-electron chi connectivity index (χ4n) is 9.47. The Morgan fingerprint density at radius 2 is 0.807 bits per heavy atom. The fraction of sp³-hybridized carbons (Fsp3) is 0.0545. The molecule has 0 fully saturated rings. The SMILES string of the molecule is CC1(C)c2ccccc2-c2ccc(N(c3ccc(-c4cccc5ccccc45)cc3)c3ccc([Si](c4ccccc4)(c4ccccc4)c4ccccc4)cc3)cc21. The van der Waals surface area contributed by atoms with E-state index in [9.17, 15) is 0 Å². The third-order valence-corrected chi connectivity index (χ3v) is 17.0. The van der Waals surface area contributed by atoms with Gasteiger partial charge in [-0.1, -0.05) is 202 Å². The van der Waals surface area contributed by atoms with Crippen LogP contribution in [0.3, 0.4) is 0 Å². The molecule has 272 valence electrons. The Hall–Kier alpha value is -6.74. The minimum Gasteiger partial charge on any atom is -0.310 e. The Morgan fingerprint density at radius 3 is 1.44 bits per heavy atom. The van der Waals surface area contributed by atoms with Crippen molar-refractivity contribution >= 4 is 56.7 Å². The minimum absolute atomic E-state index is 0.109. The van der Waals surface area contributed by atoms with E-state index >= 15 is 0 Å².